The van der Waals surface area contributed by atoms with Crippen LogP contribution >= 0.6 is 27.3 Å². The molecule has 0 aromatic carbocycles. The summed E-state index contributed by atoms with van der Waals surface area (Å²) in [6, 6.07) is 1.36. The summed E-state index contributed by atoms with van der Waals surface area (Å²) in [4.78, 5) is 26.4. The standard InChI is InChI=1S/C12H15BrN2O2S/c1-8(12(17)15-5-2-3-6-15)14-11(16)10-9(13)4-7-18-10/h4,7-8H,2-3,5-6H2,1H3,(H,14,16). The first-order valence-electron chi connectivity index (χ1n) is 5.92. The molecule has 0 bridgehead atoms. The number of amides is 2. The van der Waals surface area contributed by atoms with Gasteiger partial charge >= 0.3 is 0 Å². The molecule has 2 heterocycles. The van der Waals surface area contributed by atoms with Gasteiger partial charge in [0.25, 0.3) is 5.91 Å². The van der Waals surface area contributed by atoms with Crippen LogP contribution in [0.4, 0.5) is 0 Å². The maximum atomic E-state index is 12.0. The number of nitrogens with zero attached hydrogens (tertiary/aromatic N) is 1. The molecule has 1 atom stereocenters. The average molecular weight is 331 g/mol. The minimum Gasteiger partial charge on any atom is -0.341 e. The monoisotopic (exact) mass is 330 g/mol. The van der Waals surface area contributed by atoms with Crippen molar-refractivity contribution in [3.8, 4) is 0 Å². The van der Waals surface area contributed by atoms with Crippen LogP contribution in [0.25, 0.3) is 0 Å². The van der Waals surface area contributed by atoms with Gasteiger partial charge in [-0.2, -0.15) is 0 Å². The second-order valence-corrected chi connectivity index (χ2v) is 6.10. The van der Waals surface area contributed by atoms with Crippen LogP contribution in [0.15, 0.2) is 15.9 Å². The summed E-state index contributed by atoms with van der Waals surface area (Å²) in [6.45, 7) is 3.35. The summed E-state index contributed by atoms with van der Waals surface area (Å²) in [6.07, 6.45) is 2.12. The second kappa shape index (κ2) is 5.84. The van der Waals surface area contributed by atoms with Crippen molar-refractivity contribution < 1.29 is 9.59 Å². The van der Waals surface area contributed by atoms with Gasteiger partial charge in [0.05, 0.1) is 0 Å². The summed E-state index contributed by atoms with van der Waals surface area (Å²) >= 11 is 4.67. The second-order valence-electron chi connectivity index (χ2n) is 4.33. The Hall–Kier alpha value is -0.880. The summed E-state index contributed by atoms with van der Waals surface area (Å²) in [7, 11) is 0. The SMILES string of the molecule is CC(NC(=O)c1sccc1Br)C(=O)N1CCCC1. The summed E-state index contributed by atoms with van der Waals surface area (Å²) < 4.78 is 0.769. The first kappa shape index (κ1) is 13.5. The lowest BCUT2D eigenvalue weighted by atomic mass is 10.3. The number of rotatable bonds is 3. The van der Waals surface area contributed by atoms with Gasteiger partial charge in [-0.15, -0.1) is 11.3 Å². The molecule has 1 aliphatic heterocycles. The molecule has 2 amide bonds. The van der Waals surface area contributed by atoms with E-state index in [2.05, 4.69) is 21.2 Å². The fourth-order valence-corrected chi connectivity index (χ4v) is 3.45. The number of carbonyl (C=O) groups excluding carboxylic acids is 2. The third kappa shape index (κ3) is 2.92. The third-order valence-corrected chi connectivity index (χ3v) is 4.80. The molecule has 0 spiro atoms. The van der Waals surface area contributed by atoms with Gasteiger partial charge in [0.2, 0.25) is 5.91 Å². The molecule has 18 heavy (non-hydrogen) atoms. The predicted molar refractivity (Wildman–Crippen MR) is 74.8 cm³/mol. The molecule has 4 nitrogen and oxygen atoms in total. The molecule has 1 aromatic heterocycles. The zero-order chi connectivity index (χ0) is 13.1. The van der Waals surface area contributed by atoms with Gasteiger partial charge in [-0.1, -0.05) is 0 Å². The highest BCUT2D eigenvalue weighted by atomic mass is 79.9. The molecule has 0 aliphatic carbocycles. The van der Waals surface area contributed by atoms with E-state index in [0.29, 0.717) is 4.88 Å². The largest absolute Gasteiger partial charge is 0.341 e. The number of likely N-dealkylation sites (tertiary alicyclic amines) is 1. The normalized spacial score (nSPS) is 16.7. The Morgan fingerprint density at radius 1 is 1.44 bits per heavy atom. The molecule has 1 fully saturated rings. The molecule has 1 aromatic rings. The third-order valence-electron chi connectivity index (χ3n) is 2.96. The Morgan fingerprint density at radius 3 is 2.67 bits per heavy atom. The average Bonchev–Trinajstić information content (AvgIpc) is 2.98. The van der Waals surface area contributed by atoms with E-state index in [1.807, 2.05) is 16.3 Å². The Kier molecular flexibility index (Phi) is 4.40. The molecular formula is C12H15BrN2O2S. The first-order valence-corrected chi connectivity index (χ1v) is 7.59. The Labute approximate surface area is 118 Å². The van der Waals surface area contributed by atoms with Crippen molar-refractivity contribution >= 4 is 39.1 Å². The van der Waals surface area contributed by atoms with E-state index >= 15 is 0 Å². The molecule has 0 saturated carbocycles. The van der Waals surface area contributed by atoms with Crippen molar-refractivity contribution in [2.45, 2.75) is 25.8 Å². The van der Waals surface area contributed by atoms with Crippen molar-refractivity contribution in [1.29, 1.82) is 0 Å². The molecule has 1 unspecified atom stereocenters. The molecule has 6 heteroatoms. The van der Waals surface area contributed by atoms with Crippen LogP contribution in [0.1, 0.15) is 29.4 Å². The predicted octanol–water partition coefficient (Wildman–Crippen LogP) is 2.25. The van der Waals surface area contributed by atoms with Crippen LogP contribution in [0.2, 0.25) is 0 Å². The Bertz CT molecular complexity index is 455. The number of nitrogens with one attached hydrogen (secondary N) is 1. The van der Waals surface area contributed by atoms with Crippen molar-refractivity contribution in [2.24, 2.45) is 0 Å². The highest BCUT2D eigenvalue weighted by molar-refractivity contribution is 9.10. The highest BCUT2D eigenvalue weighted by Crippen LogP contribution is 2.22. The molecule has 1 aliphatic rings. The minimum atomic E-state index is -0.468. The number of carbonyl (C=O) groups is 2. The molecule has 1 saturated heterocycles. The molecule has 0 radical (unpaired) electrons. The number of halogens is 1. The van der Waals surface area contributed by atoms with Gasteiger partial charge in [0.1, 0.15) is 10.9 Å². The summed E-state index contributed by atoms with van der Waals surface area (Å²) in [5, 5.41) is 4.59. The van der Waals surface area contributed by atoms with Crippen molar-refractivity contribution in [3.05, 3.63) is 20.8 Å². The first-order chi connectivity index (χ1) is 8.59. The van der Waals surface area contributed by atoms with Crippen molar-refractivity contribution in [1.82, 2.24) is 10.2 Å². The molecule has 2 rings (SSSR count). The van der Waals surface area contributed by atoms with Crippen LogP contribution < -0.4 is 5.32 Å². The zero-order valence-corrected chi connectivity index (χ0v) is 12.5. The smallest absolute Gasteiger partial charge is 0.263 e. The topological polar surface area (TPSA) is 49.4 Å². The molecule has 98 valence electrons. The quantitative estimate of drug-likeness (QED) is 0.924. The van der Waals surface area contributed by atoms with E-state index in [1.54, 1.807) is 6.92 Å². The van der Waals surface area contributed by atoms with Gasteiger partial charge in [0, 0.05) is 17.6 Å². The van der Waals surface area contributed by atoms with Crippen LogP contribution in [0, 0.1) is 0 Å². The van der Waals surface area contributed by atoms with Gasteiger partial charge < -0.3 is 10.2 Å². The number of thiophene rings is 1. The van der Waals surface area contributed by atoms with E-state index in [0.717, 1.165) is 30.4 Å². The number of hydrogen-bond donors (Lipinski definition) is 1. The fourth-order valence-electron chi connectivity index (χ4n) is 1.99. The summed E-state index contributed by atoms with van der Waals surface area (Å²) in [5.41, 5.74) is 0. The van der Waals surface area contributed by atoms with Crippen LogP contribution in [0.3, 0.4) is 0 Å². The molecule has 1 N–H and O–H groups in total. The lowest BCUT2D eigenvalue weighted by Gasteiger charge is -2.20. The molecular weight excluding hydrogens is 316 g/mol. The van der Waals surface area contributed by atoms with Crippen LogP contribution in [-0.4, -0.2) is 35.8 Å². The van der Waals surface area contributed by atoms with Gasteiger partial charge in [0.15, 0.2) is 0 Å². The zero-order valence-electron chi connectivity index (χ0n) is 10.1. The number of hydrogen-bond acceptors (Lipinski definition) is 3. The van der Waals surface area contributed by atoms with Crippen LogP contribution in [-0.2, 0) is 4.79 Å². The minimum absolute atomic E-state index is 0.00790. The van der Waals surface area contributed by atoms with E-state index in [1.165, 1.54) is 11.3 Å². The highest BCUT2D eigenvalue weighted by Gasteiger charge is 2.25. The van der Waals surface area contributed by atoms with Gasteiger partial charge in [-0.3, -0.25) is 9.59 Å². The lowest BCUT2D eigenvalue weighted by molar-refractivity contribution is -0.131. The van der Waals surface area contributed by atoms with E-state index in [9.17, 15) is 9.59 Å². The maximum Gasteiger partial charge on any atom is 0.263 e. The van der Waals surface area contributed by atoms with E-state index in [-0.39, 0.29) is 11.8 Å². The summed E-state index contributed by atoms with van der Waals surface area (Å²) in [5.74, 6) is -0.189. The fraction of sp³-hybridized carbons (Fsp3) is 0.500. The van der Waals surface area contributed by atoms with Gasteiger partial charge in [-0.05, 0) is 47.1 Å². The van der Waals surface area contributed by atoms with E-state index < -0.39 is 6.04 Å². The van der Waals surface area contributed by atoms with Crippen molar-refractivity contribution in [3.63, 3.8) is 0 Å². The van der Waals surface area contributed by atoms with E-state index in [4.69, 9.17) is 0 Å². The Balaban J connectivity index is 1.94. The lowest BCUT2D eigenvalue weighted by Crippen LogP contribution is -2.45. The Morgan fingerprint density at radius 2 is 2.11 bits per heavy atom. The van der Waals surface area contributed by atoms with Crippen molar-refractivity contribution in [2.75, 3.05) is 13.1 Å². The van der Waals surface area contributed by atoms with Gasteiger partial charge in [-0.25, -0.2) is 0 Å². The van der Waals surface area contributed by atoms with Crippen LogP contribution in [0.5, 0.6) is 0 Å². The maximum absolute atomic E-state index is 12.0.